The number of nitrogens with two attached hydrogens (primary N) is 1. The molecule has 110 valence electrons. The number of anilines is 1. The minimum Gasteiger partial charge on any atom is -0.465 e. The zero-order valence-electron chi connectivity index (χ0n) is 11.7. The van der Waals surface area contributed by atoms with Crippen molar-refractivity contribution in [2.45, 2.75) is 13.5 Å². The van der Waals surface area contributed by atoms with E-state index in [1.54, 1.807) is 25.1 Å². The molecule has 1 aromatic carbocycles. The van der Waals surface area contributed by atoms with Crippen LogP contribution in [0.1, 0.15) is 21.5 Å². The van der Waals surface area contributed by atoms with Gasteiger partial charge < -0.3 is 10.5 Å². The molecular formula is C14H15N3O4. The SMILES string of the molecule is COC(=O)c1c(N)cccc1Cn1cc(C)c(=O)[nH]c1=O. The van der Waals surface area contributed by atoms with Crippen LogP contribution < -0.4 is 17.0 Å². The largest absolute Gasteiger partial charge is 0.465 e. The van der Waals surface area contributed by atoms with Crippen molar-refractivity contribution in [1.82, 2.24) is 9.55 Å². The molecular weight excluding hydrogens is 274 g/mol. The summed E-state index contributed by atoms with van der Waals surface area (Å²) in [5.41, 5.74) is 6.24. The molecule has 7 nitrogen and oxygen atoms in total. The second-order valence-electron chi connectivity index (χ2n) is 4.57. The lowest BCUT2D eigenvalue weighted by Gasteiger charge is -2.12. The first-order valence-corrected chi connectivity index (χ1v) is 6.20. The summed E-state index contributed by atoms with van der Waals surface area (Å²) in [6.45, 7) is 1.70. The summed E-state index contributed by atoms with van der Waals surface area (Å²) in [5.74, 6) is -0.572. The lowest BCUT2D eigenvalue weighted by molar-refractivity contribution is 0.0600. The number of nitrogens with zero attached hydrogens (tertiary/aromatic N) is 1. The second-order valence-corrected chi connectivity index (χ2v) is 4.57. The van der Waals surface area contributed by atoms with E-state index in [0.29, 0.717) is 11.1 Å². The van der Waals surface area contributed by atoms with Gasteiger partial charge in [-0.05, 0) is 18.6 Å². The van der Waals surface area contributed by atoms with Crippen LogP contribution in [0.15, 0.2) is 34.0 Å². The van der Waals surface area contributed by atoms with E-state index in [1.165, 1.54) is 17.9 Å². The number of aromatic amines is 1. The fraction of sp³-hybridized carbons (Fsp3) is 0.214. The predicted molar refractivity (Wildman–Crippen MR) is 77.4 cm³/mol. The molecule has 0 aliphatic rings. The number of aromatic nitrogens is 2. The minimum atomic E-state index is -0.572. The Morgan fingerprint density at radius 3 is 2.76 bits per heavy atom. The fourth-order valence-corrected chi connectivity index (χ4v) is 2.02. The Labute approximate surface area is 120 Å². The highest BCUT2D eigenvalue weighted by atomic mass is 16.5. The molecule has 0 bridgehead atoms. The van der Waals surface area contributed by atoms with E-state index >= 15 is 0 Å². The molecule has 0 spiro atoms. The van der Waals surface area contributed by atoms with E-state index in [4.69, 9.17) is 10.5 Å². The zero-order valence-corrected chi connectivity index (χ0v) is 11.7. The van der Waals surface area contributed by atoms with E-state index < -0.39 is 17.2 Å². The number of benzene rings is 1. The van der Waals surface area contributed by atoms with Gasteiger partial charge in [-0.2, -0.15) is 0 Å². The Hall–Kier alpha value is -2.83. The minimum absolute atomic E-state index is 0.103. The summed E-state index contributed by atoms with van der Waals surface area (Å²) in [5, 5.41) is 0. The fourth-order valence-electron chi connectivity index (χ4n) is 2.02. The summed E-state index contributed by atoms with van der Waals surface area (Å²) < 4.78 is 6.01. The molecule has 0 aliphatic heterocycles. The third kappa shape index (κ3) is 2.86. The van der Waals surface area contributed by atoms with Gasteiger partial charge in [0.15, 0.2) is 0 Å². The molecule has 0 saturated carbocycles. The highest BCUT2D eigenvalue weighted by Gasteiger charge is 2.16. The number of carbonyl (C=O) groups excluding carboxylic acids is 1. The molecule has 0 unspecified atom stereocenters. The van der Waals surface area contributed by atoms with Crippen LogP contribution in [0.2, 0.25) is 0 Å². The van der Waals surface area contributed by atoms with Gasteiger partial charge in [0.1, 0.15) is 0 Å². The highest BCUT2D eigenvalue weighted by molar-refractivity contribution is 5.96. The van der Waals surface area contributed by atoms with E-state index in [9.17, 15) is 14.4 Å². The molecule has 0 saturated heterocycles. The van der Waals surface area contributed by atoms with Gasteiger partial charge in [0.25, 0.3) is 5.56 Å². The Morgan fingerprint density at radius 1 is 1.38 bits per heavy atom. The number of ether oxygens (including phenoxy) is 1. The van der Waals surface area contributed by atoms with Crippen LogP contribution in [0, 0.1) is 6.92 Å². The topological polar surface area (TPSA) is 107 Å². The van der Waals surface area contributed by atoms with Crippen LogP contribution in [-0.2, 0) is 11.3 Å². The predicted octanol–water partition coefficient (Wildman–Crippen LogP) is 0.262. The number of rotatable bonds is 3. The maximum absolute atomic E-state index is 11.8. The number of hydrogen-bond donors (Lipinski definition) is 2. The number of esters is 1. The zero-order chi connectivity index (χ0) is 15.6. The standard InChI is InChI=1S/C14H15N3O4/c1-8-6-17(14(20)16-12(8)18)7-9-4-3-5-10(15)11(9)13(19)21-2/h3-6H,7,15H2,1-2H3,(H,16,18,20). The Kier molecular flexibility index (Phi) is 3.93. The Bertz CT molecular complexity index is 805. The van der Waals surface area contributed by atoms with Gasteiger partial charge in [0.05, 0.1) is 19.2 Å². The number of hydrogen-bond acceptors (Lipinski definition) is 5. The maximum Gasteiger partial charge on any atom is 0.340 e. The quantitative estimate of drug-likeness (QED) is 0.622. The van der Waals surface area contributed by atoms with Gasteiger partial charge in [-0.15, -0.1) is 0 Å². The van der Waals surface area contributed by atoms with Crippen molar-refractivity contribution < 1.29 is 9.53 Å². The normalized spacial score (nSPS) is 10.4. The molecule has 0 radical (unpaired) electrons. The van der Waals surface area contributed by atoms with Crippen molar-refractivity contribution in [2.75, 3.05) is 12.8 Å². The van der Waals surface area contributed by atoms with Crippen LogP contribution >= 0.6 is 0 Å². The summed E-state index contributed by atoms with van der Waals surface area (Å²) >= 11 is 0. The first-order chi connectivity index (χ1) is 9.93. The van der Waals surface area contributed by atoms with Crippen LogP contribution in [0.25, 0.3) is 0 Å². The van der Waals surface area contributed by atoms with E-state index in [0.717, 1.165) is 0 Å². The van der Waals surface area contributed by atoms with Gasteiger partial charge in [-0.25, -0.2) is 9.59 Å². The van der Waals surface area contributed by atoms with Crippen LogP contribution in [-0.4, -0.2) is 22.6 Å². The second kappa shape index (κ2) is 5.66. The van der Waals surface area contributed by atoms with Crippen LogP contribution in [0.5, 0.6) is 0 Å². The molecule has 0 aliphatic carbocycles. The van der Waals surface area contributed by atoms with Crippen molar-refractivity contribution in [2.24, 2.45) is 0 Å². The lowest BCUT2D eigenvalue weighted by Crippen LogP contribution is -2.31. The van der Waals surface area contributed by atoms with Gasteiger partial charge in [-0.3, -0.25) is 14.3 Å². The molecule has 0 amide bonds. The van der Waals surface area contributed by atoms with Crippen molar-refractivity contribution in [3.8, 4) is 0 Å². The monoisotopic (exact) mass is 289 g/mol. The number of H-pyrrole nitrogens is 1. The first kappa shape index (κ1) is 14.6. The number of methoxy groups -OCH3 is 1. The van der Waals surface area contributed by atoms with Gasteiger partial charge in [-0.1, -0.05) is 12.1 Å². The number of carbonyl (C=O) groups is 1. The molecule has 1 heterocycles. The first-order valence-electron chi connectivity index (χ1n) is 6.20. The van der Waals surface area contributed by atoms with Crippen molar-refractivity contribution >= 4 is 11.7 Å². The van der Waals surface area contributed by atoms with Gasteiger partial charge >= 0.3 is 11.7 Å². The van der Waals surface area contributed by atoms with E-state index in [1.807, 2.05) is 0 Å². The van der Waals surface area contributed by atoms with Crippen molar-refractivity contribution in [3.63, 3.8) is 0 Å². The molecule has 1 aromatic heterocycles. The summed E-state index contributed by atoms with van der Waals surface area (Å²) in [4.78, 5) is 37.2. The van der Waals surface area contributed by atoms with Crippen molar-refractivity contribution in [3.05, 3.63) is 61.9 Å². The maximum atomic E-state index is 11.8. The third-order valence-electron chi connectivity index (χ3n) is 3.10. The summed E-state index contributed by atoms with van der Waals surface area (Å²) in [6, 6.07) is 4.94. The molecule has 2 aromatic rings. The molecule has 21 heavy (non-hydrogen) atoms. The molecule has 0 atom stereocenters. The average molecular weight is 289 g/mol. The Morgan fingerprint density at radius 2 is 2.10 bits per heavy atom. The van der Waals surface area contributed by atoms with Crippen LogP contribution in [0.3, 0.4) is 0 Å². The summed E-state index contributed by atoms with van der Waals surface area (Å²) in [7, 11) is 1.26. The molecule has 2 rings (SSSR count). The van der Waals surface area contributed by atoms with Crippen molar-refractivity contribution in [1.29, 1.82) is 0 Å². The number of aryl methyl sites for hydroxylation is 1. The van der Waals surface area contributed by atoms with E-state index in [-0.39, 0.29) is 17.8 Å². The summed E-state index contributed by atoms with van der Waals surface area (Å²) in [6.07, 6.45) is 1.44. The lowest BCUT2D eigenvalue weighted by atomic mass is 10.1. The Balaban J connectivity index is 2.53. The van der Waals surface area contributed by atoms with Gasteiger partial charge in [0, 0.05) is 17.4 Å². The average Bonchev–Trinajstić information content (AvgIpc) is 2.44. The molecule has 7 heteroatoms. The molecule has 3 N–H and O–H groups in total. The van der Waals surface area contributed by atoms with Crippen LogP contribution in [0.4, 0.5) is 5.69 Å². The highest BCUT2D eigenvalue weighted by Crippen LogP contribution is 2.18. The number of nitrogen functional groups attached to an aromatic ring is 1. The molecule has 0 fully saturated rings. The van der Waals surface area contributed by atoms with Gasteiger partial charge in [0.2, 0.25) is 0 Å². The number of nitrogens with one attached hydrogen (secondary N) is 1. The van der Waals surface area contributed by atoms with E-state index in [2.05, 4.69) is 4.98 Å². The third-order valence-corrected chi connectivity index (χ3v) is 3.10. The smallest absolute Gasteiger partial charge is 0.340 e.